The van der Waals surface area contributed by atoms with Crippen molar-refractivity contribution in [2.45, 2.75) is 232 Å². The van der Waals surface area contributed by atoms with Gasteiger partial charge in [0.1, 0.15) is 13.2 Å². The SMILES string of the molecule is CC/C=C\C/C=C\C/C=C\C/C=C\C/C=C\C/C=C\C/C=C\C/C=C\CCCCC(=O)OCC(COC(=O)CCCCC/C=C\C/C=C\C/C=C\CC)OC(=O)CCCCCC/C=C\C/C=C\C/C=C\C/C=C\C/C=C\C/C=C\CC. The maximum atomic E-state index is 12.9. The van der Waals surface area contributed by atoms with Gasteiger partial charge in [-0.05, 0) is 167 Å². The smallest absolute Gasteiger partial charge is 0.306 e. The van der Waals surface area contributed by atoms with E-state index in [1.54, 1.807) is 0 Å². The van der Waals surface area contributed by atoms with Crippen molar-refractivity contribution in [2.75, 3.05) is 13.2 Å². The van der Waals surface area contributed by atoms with E-state index in [4.69, 9.17) is 14.2 Å². The van der Waals surface area contributed by atoms with E-state index < -0.39 is 6.10 Å². The van der Waals surface area contributed by atoms with Gasteiger partial charge in [-0.2, -0.15) is 0 Å². The van der Waals surface area contributed by atoms with Crippen LogP contribution in [0.4, 0.5) is 0 Å². The molecule has 0 fully saturated rings. The lowest BCUT2D eigenvalue weighted by molar-refractivity contribution is -0.167. The highest BCUT2D eigenvalue weighted by Crippen LogP contribution is 2.12. The molecule has 448 valence electrons. The van der Waals surface area contributed by atoms with Gasteiger partial charge in [0.2, 0.25) is 0 Å². The lowest BCUT2D eigenvalue weighted by Crippen LogP contribution is -2.30. The summed E-state index contributed by atoms with van der Waals surface area (Å²) in [6, 6.07) is 0. The van der Waals surface area contributed by atoms with Crippen molar-refractivity contribution >= 4 is 17.9 Å². The third-order valence-corrected chi connectivity index (χ3v) is 12.3. The zero-order valence-corrected chi connectivity index (χ0v) is 51.2. The zero-order valence-electron chi connectivity index (χ0n) is 51.2. The number of hydrogen-bond acceptors (Lipinski definition) is 6. The van der Waals surface area contributed by atoms with Crippen LogP contribution in [0.25, 0.3) is 0 Å². The summed E-state index contributed by atoms with van der Waals surface area (Å²) in [5.74, 6) is -1.04. The Bertz CT molecular complexity index is 2000. The summed E-state index contributed by atoms with van der Waals surface area (Å²) in [7, 11) is 0. The van der Waals surface area contributed by atoms with Crippen LogP contribution in [0.2, 0.25) is 0 Å². The fourth-order valence-corrected chi connectivity index (χ4v) is 7.65. The minimum Gasteiger partial charge on any atom is -0.462 e. The fourth-order valence-electron chi connectivity index (χ4n) is 7.65. The first kappa shape index (κ1) is 75.0. The van der Waals surface area contributed by atoms with Gasteiger partial charge in [-0.3, -0.25) is 14.4 Å². The van der Waals surface area contributed by atoms with E-state index in [-0.39, 0.29) is 44.0 Å². The maximum absolute atomic E-state index is 12.9. The number of rotatable bonds is 54. The minimum absolute atomic E-state index is 0.130. The van der Waals surface area contributed by atoms with Gasteiger partial charge in [0.15, 0.2) is 6.10 Å². The van der Waals surface area contributed by atoms with Crippen LogP contribution in [0, 0.1) is 0 Å². The number of esters is 3. The molecule has 1 atom stereocenters. The average Bonchev–Trinajstić information content (AvgIpc) is 3.46. The van der Waals surface area contributed by atoms with Crippen molar-refractivity contribution in [1.29, 1.82) is 0 Å². The monoisotopic (exact) mass is 1110 g/mol. The molecule has 0 amide bonds. The van der Waals surface area contributed by atoms with Crippen LogP contribution < -0.4 is 0 Å². The Morgan fingerprint density at radius 3 is 0.716 bits per heavy atom. The van der Waals surface area contributed by atoms with Gasteiger partial charge in [-0.15, -0.1) is 0 Å². The number of ether oxygens (including phenoxy) is 3. The third kappa shape index (κ3) is 64.7. The molecule has 0 aromatic carbocycles. The molecule has 0 saturated heterocycles. The zero-order chi connectivity index (χ0) is 58.5. The Balaban J connectivity index is 4.55. The first-order chi connectivity index (χ1) is 40.0. The van der Waals surface area contributed by atoms with E-state index in [0.29, 0.717) is 19.3 Å². The molecule has 0 spiro atoms. The van der Waals surface area contributed by atoms with E-state index in [2.05, 4.69) is 227 Å². The highest BCUT2D eigenvalue weighted by atomic mass is 16.6. The predicted octanol–water partition coefficient (Wildman–Crippen LogP) is 22.0. The summed E-state index contributed by atoms with van der Waals surface area (Å²) >= 11 is 0. The lowest BCUT2D eigenvalue weighted by Gasteiger charge is -2.18. The first-order valence-electron chi connectivity index (χ1n) is 31.6. The predicted molar refractivity (Wildman–Crippen MR) is 352 cm³/mol. The molecule has 0 N–H and O–H groups in total. The van der Waals surface area contributed by atoms with Crippen LogP contribution in [0.15, 0.2) is 207 Å². The summed E-state index contributed by atoms with van der Waals surface area (Å²) in [4.78, 5) is 38.3. The largest absolute Gasteiger partial charge is 0.462 e. The van der Waals surface area contributed by atoms with Gasteiger partial charge in [-0.1, -0.05) is 247 Å². The summed E-state index contributed by atoms with van der Waals surface area (Å²) in [6.45, 7) is 6.19. The Morgan fingerprint density at radius 2 is 0.444 bits per heavy atom. The standard InChI is InChI=1S/C75H112O6/c1-4-7-10-13-16-19-22-25-27-29-31-33-35-36-37-38-40-41-43-45-47-50-53-56-59-62-65-68-74(77)80-71-72(70-79-73(76)67-64-61-58-55-52-49-24-21-18-15-12-9-6-3)81-75(78)69-66-63-60-57-54-51-48-46-44-42-39-34-32-30-28-26-23-20-17-14-11-8-5-2/h7-12,16-21,25-28,31-34,36-37,40-42,44-45,47-49,51-53,56,72H,4-6,13-15,22-24,29-30,35,38-39,43,46,50,54-55,57-71H2,1-3H3/b10-7-,11-8-,12-9-,19-16-,20-17-,21-18-,27-25-,28-26-,33-31-,34-32-,37-36-,41-40-,44-42-,47-45-,51-48-,52-49-,56-53-. The van der Waals surface area contributed by atoms with Crippen LogP contribution in [0.3, 0.4) is 0 Å². The molecule has 81 heavy (non-hydrogen) atoms. The molecule has 6 nitrogen and oxygen atoms in total. The molecule has 0 radical (unpaired) electrons. The third-order valence-electron chi connectivity index (χ3n) is 12.3. The van der Waals surface area contributed by atoms with Crippen molar-refractivity contribution in [1.82, 2.24) is 0 Å². The van der Waals surface area contributed by atoms with Crippen LogP contribution in [0.5, 0.6) is 0 Å². The van der Waals surface area contributed by atoms with Gasteiger partial charge < -0.3 is 14.2 Å². The Labute approximate surface area is 496 Å². The lowest BCUT2D eigenvalue weighted by atomic mass is 10.1. The van der Waals surface area contributed by atoms with E-state index in [1.807, 2.05) is 0 Å². The van der Waals surface area contributed by atoms with Crippen LogP contribution in [-0.4, -0.2) is 37.2 Å². The van der Waals surface area contributed by atoms with E-state index in [1.165, 1.54) is 0 Å². The highest BCUT2D eigenvalue weighted by molar-refractivity contribution is 5.71. The molecule has 0 bridgehead atoms. The molecule has 0 aromatic rings. The topological polar surface area (TPSA) is 78.9 Å². The average molecular weight is 1110 g/mol. The number of hydrogen-bond donors (Lipinski definition) is 0. The van der Waals surface area contributed by atoms with Crippen molar-refractivity contribution in [3.63, 3.8) is 0 Å². The Kier molecular flexibility index (Phi) is 61.6. The molecular weight excluding hydrogens is 997 g/mol. The second kappa shape index (κ2) is 66.5. The number of allylic oxidation sites excluding steroid dienone is 34. The molecule has 1 unspecified atom stereocenters. The van der Waals surface area contributed by atoms with E-state index in [9.17, 15) is 14.4 Å². The molecule has 0 saturated carbocycles. The second-order valence-corrected chi connectivity index (χ2v) is 19.8. The van der Waals surface area contributed by atoms with Crippen molar-refractivity contribution in [2.24, 2.45) is 0 Å². The van der Waals surface area contributed by atoms with Crippen LogP contribution in [-0.2, 0) is 28.6 Å². The molecule has 0 aliphatic heterocycles. The van der Waals surface area contributed by atoms with E-state index in [0.717, 1.165) is 173 Å². The highest BCUT2D eigenvalue weighted by Gasteiger charge is 2.19. The van der Waals surface area contributed by atoms with Gasteiger partial charge in [0.05, 0.1) is 0 Å². The molecule has 0 aliphatic rings. The number of carbonyl (C=O) groups excluding carboxylic acids is 3. The first-order valence-corrected chi connectivity index (χ1v) is 31.6. The Hall–Kier alpha value is -6.01. The number of unbranched alkanes of at least 4 members (excludes halogenated alkanes) is 9. The van der Waals surface area contributed by atoms with E-state index >= 15 is 0 Å². The molecule has 0 heterocycles. The van der Waals surface area contributed by atoms with Crippen LogP contribution in [0.1, 0.15) is 226 Å². The quantitative estimate of drug-likeness (QED) is 0.0261. The summed E-state index contributed by atoms with van der Waals surface area (Å²) in [6.07, 6.45) is 103. The normalized spacial score (nSPS) is 13.6. The molecule has 0 aromatic heterocycles. The second-order valence-electron chi connectivity index (χ2n) is 19.8. The summed E-state index contributed by atoms with van der Waals surface area (Å²) < 4.78 is 16.8. The summed E-state index contributed by atoms with van der Waals surface area (Å²) in [5, 5.41) is 0. The minimum atomic E-state index is -0.837. The maximum Gasteiger partial charge on any atom is 0.306 e. The molecule has 6 heteroatoms. The van der Waals surface area contributed by atoms with Gasteiger partial charge in [-0.25, -0.2) is 0 Å². The molecule has 0 rings (SSSR count). The van der Waals surface area contributed by atoms with Crippen molar-refractivity contribution < 1.29 is 28.6 Å². The van der Waals surface area contributed by atoms with Crippen LogP contribution >= 0.6 is 0 Å². The molecular formula is C75H112O6. The molecule has 0 aliphatic carbocycles. The van der Waals surface area contributed by atoms with Gasteiger partial charge in [0.25, 0.3) is 0 Å². The summed E-state index contributed by atoms with van der Waals surface area (Å²) in [5.41, 5.74) is 0. The van der Waals surface area contributed by atoms with Gasteiger partial charge in [0, 0.05) is 19.3 Å². The fraction of sp³-hybridized carbons (Fsp3) is 0.507. The number of carbonyl (C=O) groups is 3. The van der Waals surface area contributed by atoms with Gasteiger partial charge >= 0.3 is 17.9 Å². The van der Waals surface area contributed by atoms with Crippen molar-refractivity contribution in [3.05, 3.63) is 207 Å². The van der Waals surface area contributed by atoms with Crippen molar-refractivity contribution in [3.8, 4) is 0 Å². The Morgan fingerprint density at radius 1 is 0.247 bits per heavy atom.